The lowest BCUT2D eigenvalue weighted by Gasteiger charge is -2.21. The molecule has 18 heavy (non-hydrogen) atoms. The maximum atomic E-state index is 13.4. The van der Waals surface area contributed by atoms with Gasteiger partial charge in [0.15, 0.2) is 5.41 Å². The second-order valence-corrected chi connectivity index (χ2v) is 5.92. The van der Waals surface area contributed by atoms with Gasteiger partial charge in [-0.15, -0.1) is 0 Å². The van der Waals surface area contributed by atoms with Gasteiger partial charge in [-0.25, -0.2) is 8.78 Å². The van der Waals surface area contributed by atoms with Crippen LogP contribution in [0.25, 0.3) is 0 Å². The molecule has 1 aromatic rings. The van der Waals surface area contributed by atoms with Crippen molar-refractivity contribution in [2.75, 3.05) is 0 Å². The Morgan fingerprint density at radius 1 is 1.33 bits per heavy atom. The predicted molar refractivity (Wildman–Crippen MR) is 64.0 cm³/mol. The van der Waals surface area contributed by atoms with E-state index in [1.54, 1.807) is 12.1 Å². The van der Waals surface area contributed by atoms with E-state index in [0.717, 1.165) is 5.56 Å². The first-order valence-electron chi connectivity index (χ1n) is 5.83. The number of hydrogen-bond acceptors (Lipinski definition) is 1. The fourth-order valence-electron chi connectivity index (χ4n) is 2.21. The predicted octanol–water partition coefficient (Wildman–Crippen LogP) is 3.35. The first-order valence-corrected chi connectivity index (χ1v) is 5.83. The molecule has 0 heterocycles. The van der Waals surface area contributed by atoms with Crippen LogP contribution in [-0.2, 0) is 15.6 Å². The Bertz CT molecular complexity index is 503. The molecule has 1 saturated carbocycles. The Labute approximate surface area is 105 Å². The van der Waals surface area contributed by atoms with Crippen LogP contribution in [0.5, 0.6) is 0 Å². The fraction of sp³-hybridized carbons (Fsp3) is 0.500. The van der Waals surface area contributed by atoms with E-state index in [1.807, 2.05) is 26.8 Å². The van der Waals surface area contributed by atoms with Crippen LogP contribution in [-0.4, -0.2) is 17.0 Å². The van der Waals surface area contributed by atoms with Crippen LogP contribution >= 0.6 is 0 Å². The summed E-state index contributed by atoms with van der Waals surface area (Å²) in [6.07, 6.45) is -0.608. The van der Waals surface area contributed by atoms with Crippen LogP contribution in [0, 0.1) is 0 Å². The zero-order chi connectivity index (χ0) is 13.8. The number of carboxylic acid groups (broad SMARTS) is 1. The third-order valence-electron chi connectivity index (χ3n) is 3.57. The van der Waals surface area contributed by atoms with E-state index in [-0.39, 0.29) is 11.0 Å². The SMILES string of the molecule is CC(C)(C)c1cccc(C2(C(=O)O)CC2(F)F)c1. The smallest absolute Gasteiger partial charge is 0.320 e. The molecule has 1 unspecified atom stereocenters. The molecule has 2 rings (SSSR count). The lowest BCUT2D eigenvalue weighted by Crippen LogP contribution is -2.27. The van der Waals surface area contributed by atoms with Gasteiger partial charge in [0.25, 0.3) is 5.92 Å². The van der Waals surface area contributed by atoms with E-state index in [1.165, 1.54) is 6.07 Å². The molecule has 0 radical (unpaired) electrons. The van der Waals surface area contributed by atoms with E-state index in [2.05, 4.69) is 0 Å². The summed E-state index contributed by atoms with van der Waals surface area (Å²) in [5, 5.41) is 9.11. The summed E-state index contributed by atoms with van der Waals surface area (Å²) in [7, 11) is 0. The molecule has 98 valence electrons. The topological polar surface area (TPSA) is 37.3 Å². The summed E-state index contributed by atoms with van der Waals surface area (Å²) >= 11 is 0. The molecule has 4 heteroatoms. The van der Waals surface area contributed by atoms with Gasteiger partial charge in [-0.3, -0.25) is 4.79 Å². The highest BCUT2D eigenvalue weighted by atomic mass is 19.3. The van der Waals surface area contributed by atoms with Crippen molar-refractivity contribution in [2.45, 2.75) is 43.9 Å². The fourth-order valence-corrected chi connectivity index (χ4v) is 2.21. The third-order valence-corrected chi connectivity index (χ3v) is 3.57. The molecule has 0 aromatic heterocycles. The zero-order valence-corrected chi connectivity index (χ0v) is 10.6. The molecule has 0 spiro atoms. The van der Waals surface area contributed by atoms with E-state index in [0.29, 0.717) is 0 Å². The van der Waals surface area contributed by atoms with Crippen LogP contribution in [0.1, 0.15) is 38.3 Å². The Kier molecular flexibility index (Phi) is 2.55. The number of carboxylic acids is 1. The molecule has 1 aromatic carbocycles. The Hall–Kier alpha value is -1.45. The highest BCUT2D eigenvalue weighted by molar-refractivity contribution is 5.87. The van der Waals surface area contributed by atoms with Crippen LogP contribution in [0.4, 0.5) is 8.78 Å². The minimum Gasteiger partial charge on any atom is -0.480 e. The van der Waals surface area contributed by atoms with Gasteiger partial charge in [-0.05, 0) is 16.5 Å². The number of aliphatic carboxylic acids is 1. The number of rotatable bonds is 2. The van der Waals surface area contributed by atoms with Crippen LogP contribution in [0.15, 0.2) is 24.3 Å². The van der Waals surface area contributed by atoms with Gasteiger partial charge in [0.2, 0.25) is 0 Å². The average molecular weight is 254 g/mol. The molecule has 1 aliphatic carbocycles. The Balaban J connectivity index is 2.50. The van der Waals surface area contributed by atoms with Crippen LogP contribution < -0.4 is 0 Å². The van der Waals surface area contributed by atoms with Gasteiger partial charge in [-0.2, -0.15) is 0 Å². The van der Waals surface area contributed by atoms with Gasteiger partial charge in [-0.1, -0.05) is 45.0 Å². The number of benzene rings is 1. The quantitative estimate of drug-likeness (QED) is 0.878. The molecule has 0 amide bonds. The molecule has 1 aliphatic rings. The van der Waals surface area contributed by atoms with Crippen molar-refractivity contribution in [3.05, 3.63) is 35.4 Å². The van der Waals surface area contributed by atoms with E-state index >= 15 is 0 Å². The molecular weight excluding hydrogens is 238 g/mol. The molecule has 2 nitrogen and oxygen atoms in total. The normalized spacial score (nSPS) is 25.8. The zero-order valence-electron chi connectivity index (χ0n) is 10.6. The van der Waals surface area contributed by atoms with Crippen molar-refractivity contribution in [3.8, 4) is 0 Å². The molecule has 0 aliphatic heterocycles. The van der Waals surface area contributed by atoms with Crippen molar-refractivity contribution in [1.29, 1.82) is 0 Å². The molecule has 1 fully saturated rings. The van der Waals surface area contributed by atoms with Gasteiger partial charge in [0.05, 0.1) is 0 Å². The van der Waals surface area contributed by atoms with Crippen LogP contribution in [0.3, 0.4) is 0 Å². The minimum absolute atomic E-state index is 0.195. The molecular formula is C14H16F2O2. The molecule has 0 bridgehead atoms. The van der Waals surface area contributed by atoms with Gasteiger partial charge in [0, 0.05) is 6.42 Å². The van der Waals surface area contributed by atoms with Crippen molar-refractivity contribution in [3.63, 3.8) is 0 Å². The summed E-state index contributed by atoms with van der Waals surface area (Å²) in [4.78, 5) is 11.2. The second-order valence-electron chi connectivity index (χ2n) is 5.92. The lowest BCUT2D eigenvalue weighted by molar-refractivity contribution is -0.142. The first-order chi connectivity index (χ1) is 8.11. The third kappa shape index (κ3) is 1.71. The van der Waals surface area contributed by atoms with Crippen molar-refractivity contribution >= 4 is 5.97 Å². The lowest BCUT2D eigenvalue weighted by atomic mass is 9.83. The number of halogens is 2. The van der Waals surface area contributed by atoms with Gasteiger partial charge >= 0.3 is 5.97 Å². The van der Waals surface area contributed by atoms with Crippen molar-refractivity contribution in [1.82, 2.24) is 0 Å². The second kappa shape index (κ2) is 3.53. The summed E-state index contributed by atoms with van der Waals surface area (Å²) in [5.74, 6) is -4.59. The average Bonchev–Trinajstić information content (AvgIpc) is 2.82. The standard InChI is InChI=1S/C14H16F2O2/c1-12(2,3)9-5-4-6-10(7-9)13(11(17)18)8-14(13,15)16/h4-7H,8H2,1-3H3,(H,17,18). The highest BCUT2D eigenvalue weighted by Crippen LogP contribution is 2.61. The molecule has 1 N–H and O–H groups in total. The van der Waals surface area contributed by atoms with E-state index in [9.17, 15) is 13.6 Å². The van der Waals surface area contributed by atoms with Crippen molar-refractivity contribution in [2.24, 2.45) is 0 Å². The monoisotopic (exact) mass is 254 g/mol. The Morgan fingerprint density at radius 3 is 2.28 bits per heavy atom. The summed E-state index contributed by atoms with van der Waals surface area (Å²) in [6, 6.07) is 6.55. The number of hydrogen-bond donors (Lipinski definition) is 1. The van der Waals surface area contributed by atoms with Gasteiger partial charge < -0.3 is 5.11 Å². The first kappa shape index (κ1) is 13.0. The number of carbonyl (C=O) groups is 1. The van der Waals surface area contributed by atoms with Gasteiger partial charge in [0.1, 0.15) is 0 Å². The summed E-state index contributed by atoms with van der Waals surface area (Å²) in [5.41, 5.74) is -1.15. The van der Waals surface area contributed by atoms with Crippen LogP contribution in [0.2, 0.25) is 0 Å². The number of alkyl halides is 2. The molecule has 0 saturated heterocycles. The Morgan fingerprint density at radius 2 is 1.89 bits per heavy atom. The van der Waals surface area contributed by atoms with E-state index < -0.39 is 23.7 Å². The minimum atomic E-state index is -3.14. The maximum Gasteiger partial charge on any atom is 0.320 e. The summed E-state index contributed by atoms with van der Waals surface area (Å²) in [6.45, 7) is 5.89. The van der Waals surface area contributed by atoms with E-state index in [4.69, 9.17) is 5.11 Å². The highest BCUT2D eigenvalue weighted by Gasteiger charge is 2.77. The van der Waals surface area contributed by atoms with Crippen molar-refractivity contribution < 1.29 is 18.7 Å². The maximum absolute atomic E-state index is 13.4. The largest absolute Gasteiger partial charge is 0.480 e. The summed E-state index contributed by atoms with van der Waals surface area (Å²) < 4.78 is 26.9. The molecule has 1 atom stereocenters.